The van der Waals surface area contributed by atoms with Gasteiger partial charge in [-0.05, 0) is 63.5 Å². The summed E-state index contributed by atoms with van der Waals surface area (Å²) in [6, 6.07) is 12.8. The highest BCUT2D eigenvalue weighted by Gasteiger charge is 2.31. The smallest absolute Gasteiger partial charge is 0.253 e. The van der Waals surface area contributed by atoms with Gasteiger partial charge in [-0.2, -0.15) is 10.1 Å². The Labute approximate surface area is 197 Å². The van der Waals surface area contributed by atoms with Crippen molar-refractivity contribution in [3.63, 3.8) is 0 Å². The summed E-state index contributed by atoms with van der Waals surface area (Å²) >= 11 is 3.58. The van der Waals surface area contributed by atoms with Crippen LogP contribution in [0.1, 0.15) is 47.7 Å². The van der Waals surface area contributed by atoms with Gasteiger partial charge < -0.3 is 4.74 Å². The van der Waals surface area contributed by atoms with Gasteiger partial charge in [-0.25, -0.2) is 9.67 Å². The fourth-order valence-corrected chi connectivity index (χ4v) is 6.38. The van der Waals surface area contributed by atoms with Crippen LogP contribution in [0.25, 0.3) is 16.2 Å². The first-order valence-corrected chi connectivity index (χ1v) is 12.9. The van der Waals surface area contributed by atoms with Gasteiger partial charge in [-0.15, -0.1) is 23.1 Å². The number of hydrogen-bond acceptors (Lipinski definition) is 6. The molecule has 3 aromatic heterocycles. The van der Waals surface area contributed by atoms with Crippen LogP contribution in [-0.4, -0.2) is 31.1 Å². The Morgan fingerprint density at radius 3 is 2.72 bits per heavy atom. The Balaban J connectivity index is 1.50. The van der Waals surface area contributed by atoms with Crippen LogP contribution in [0.4, 0.5) is 0 Å². The predicted octanol–water partition coefficient (Wildman–Crippen LogP) is 6.07. The van der Waals surface area contributed by atoms with E-state index in [0.717, 1.165) is 46.3 Å². The Bertz CT molecular complexity index is 1260. The highest BCUT2D eigenvalue weighted by Crippen LogP contribution is 2.42. The molecule has 0 atom stereocenters. The number of rotatable bonds is 6. The maximum absolute atomic E-state index is 6.08. The fraction of sp³-hybridized carbons (Fsp3) is 0.400. The van der Waals surface area contributed by atoms with Gasteiger partial charge >= 0.3 is 0 Å². The number of hydrogen-bond donors (Lipinski definition) is 0. The minimum absolute atomic E-state index is 0.162. The molecule has 0 spiro atoms. The van der Waals surface area contributed by atoms with Gasteiger partial charge in [0, 0.05) is 22.4 Å². The summed E-state index contributed by atoms with van der Waals surface area (Å²) in [5.74, 6) is 1.68. The predicted molar refractivity (Wildman–Crippen MR) is 132 cm³/mol. The zero-order valence-electron chi connectivity index (χ0n) is 19.0. The van der Waals surface area contributed by atoms with Gasteiger partial charge in [0.1, 0.15) is 9.86 Å². The number of ether oxygens (including phenoxy) is 1. The number of fused-ring (bicyclic) bond motifs is 3. The van der Waals surface area contributed by atoms with Crippen molar-refractivity contribution in [2.45, 2.75) is 64.2 Å². The minimum atomic E-state index is -0.162. The van der Waals surface area contributed by atoms with Crippen molar-refractivity contribution in [1.29, 1.82) is 0 Å². The van der Waals surface area contributed by atoms with Gasteiger partial charge in [-0.3, -0.25) is 0 Å². The molecule has 5 nitrogen and oxygen atoms in total. The number of thiophene rings is 1. The third-order valence-corrected chi connectivity index (χ3v) is 7.94. The molecule has 1 aliphatic rings. The van der Waals surface area contributed by atoms with Crippen molar-refractivity contribution in [2.75, 3.05) is 5.75 Å². The van der Waals surface area contributed by atoms with Gasteiger partial charge in [0.15, 0.2) is 0 Å². The van der Waals surface area contributed by atoms with E-state index < -0.39 is 0 Å². The lowest BCUT2D eigenvalue weighted by molar-refractivity contribution is -0.0379. The molecule has 1 aliphatic heterocycles. The average Bonchev–Trinajstić information content (AvgIpc) is 3.29. The second kappa shape index (κ2) is 8.61. The number of nitrogens with zero attached hydrogens (tertiary/aromatic N) is 4. The third kappa shape index (κ3) is 4.34. The van der Waals surface area contributed by atoms with E-state index in [1.54, 1.807) is 11.3 Å². The molecule has 0 unspecified atom stereocenters. The highest BCUT2D eigenvalue weighted by atomic mass is 32.2. The average molecular weight is 465 g/mol. The van der Waals surface area contributed by atoms with Crippen LogP contribution in [-0.2, 0) is 24.2 Å². The molecule has 5 rings (SSSR count). The first kappa shape index (κ1) is 21.6. The van der Waals surface area contributed by atoms with Crippen LogP contribution in [0.5, 0.6) is 0 Å². The van der Waals surface area contributed by atoms with E-state index in [-0.39, 0.29) is 5.60 Å². The van der Waals surface area contributed by atoms with Crippen LogP contribution in [0, 0.1) is 13.8 Å². The summed E-state index contributed by atoms with van der Waals surface area (Å²) in [6.45, 7) is 9.03. The summed E-state index contributed by atoms with van der Waals surface area (Å²) in [6.07, 6.45) is 3.08. The molecule has 4 aromatic rings. The Kier molecular flexibility index (Phi) is 5.82. The van der Waals surface area contributed by atoms with Crippen molar-refractivity contribution in [1.82, 2.24) is 19.7 Å². The van der Waals surface area contributed by atoms with E-state index >= 15 is 0 Å². The molecule has 0 amide bonds. The molecule has 0 saturated carbocycles. The van der Waals surface area contributed by atoms with Crippen LogP contribution in [0.3, 0.4) is 0 Å². The van der Waals surface area contributed by atoms with Crippen LogP contribution in [0.2, 0.25) is 0 Å². The van der Waals surface area contributed by atoms with Gasteiger partial charge in [-0.1, -0.05) is 30.3 Å². The second-order valence-electron chi connectivity index (χ2n) is 9.01. The molecule has 0 radical (unpaired) electrons. The van der Waals surface area contributed by atoms with Crippen LogP contribution >= 0.6 is 23.1 Å². The summed E-state index contributed by atoms with van der Waals surface area (Å²) in [4.78, 5) is 12.3. The quantitative estimate of drug-likeness (QED) is 0.197. The van der Waals surface area contributed by atoms with E-state index in [9.17, 15) is 0 Å². The lowest BCUT2D eigenvalue weighted by Crippen LogP contribution is -2.31. The van der Waals surface area contributed by atoms with Crippen molar-refractivity contribution in [2.24, 2.45) is 0 Å². The molecule has 0 saturated heterocycles. The van der Waals surface area contributed by atoms with E-state index in [4.69, 9.17) is 14.7 Å². The van der Waals surface area contributed by atoms with E-state index in [2.05, 4.69) is 62.3 Å². The minimum Gasteiger partial charge on any atom is -0.370 e. The van der Waals surface area contributed by atoms with E-state index in [1.807, 2.05) is 23.4 Å². The molecule has 1 aromatic carbocycles. The fourth-order valence-electron chi connectivity index (χ4n) is 4.22. The number of aromatic nitrogens is 4. The summed E-state index contributed by atoms with van der Waals surface area (Å²) in [5, 5.41) is 6.92. The zero-order valence-corrected chi connectivity index (χ0v) is 20.6. The molecule has 0 aliphatic carbocycles. The van der Waals surface area contributed by atoms with Crippen molar-refractivity contribution >= 4 is 33.3 Å². The number of benzene rings is 1. The lowest BCUT2D eigenvalue weighted by atomic mass is 9.95. The largest absolute Gasteiger partial charge is 0.370 e. The summed E-state index contributed by atoms with van der Waals surface area (Å²) in [7, 11) is 0. The zero-order chi connectivity index (χ0) is 22.3. The summed E-state index contributed by atoms with van der Waals surface area (Å²) < 4.78 is 7.95. The number of aryl methyl sites for hydroxylation is 3. The Morgan fingerprint density at radius 2 is 1.97 bits per heavy atom. The molecule has 0 bridgehead atoms. The Hall–Kier alpha value is -2.22. The first-order chi connectivity index (χ1) is 15.4. The molecular formula is C25H28N4OS2. The molecule has 0 N–H and O–H groups in total. The monoisotopic (exact) mass is 464 g/mol. The van der Waals surface area contributed by atoms with Gasteiger partial charge in [0.05, 0.1) is 17.9 Å². The van der Waals surface area contributed by atoms with Gasteiger partial charge in [0.2, 0.25) is 0 Å². The molecule has 32 heavy (non-hydrogen) atoms. The normalized spacial score (nSPS) is 15.2. The molecule has 0 fully saturated rings. The summed E-state index contributed by atoms with van der Waals surface area (Å²) in [5.41, 5.74) is 4.62. The first-order valence-electron chi connectivity index (χ1n) is 11.1. The molecule has 4 heterocycles. The van der Waals surface area contributed by atoms with Crippen molar-refractivity contribution in [3.05, 3.63) is 63.8 Å². The SMILES string of the molecule is Cc1cc(C)n(-c2nc(SCCCc3ccccc3)c3c4c(sc3n2)COC(C)(C)C4)n1. The second-order valence-corrected chi connectivity index (χ2v) is 11.2. The highest BCUT2D eigenvalue weighted by molar-refractivity contribution is 7.99. The molecule has 166 valence electrons. The molecular weight excluding hydrogens is 436 g/mol. The maximum Gasteiger partial charge on any atom is 0.253 e. The lowest BCUT2D eigenvalue weighted by Gasteiger charge is -2.30. The third-order valence-electron chi connectivity index (χ3n) is 5.78. The number of thioether (sulfide) groups is 1. The van der Waals surface area contributed by atoms with Gasteiger partial charge in [0.25, 0.3) is 5.95 Å². The van der Waals surface area contributed by atoms with E-state index in [1.165, 1.54) is 21.4 Å². The standard InChI is InChI=1S/C25H28N4OS2/c1-16-13-17(2)29(28-16)24-26-22(31-12-8-11-18-9-6-5-7-10-18)21-19-14-25(3,4)30-15-20(19)32-23(21)27-24/h5-7,9-10,13H,8,11-12,14-15H2,1-4H3. The van der Waals surface area contributed by atoms with E-state index in [0.29, 0.717) is 12.6 Å². The van der Waals surface area contributed by atoms with Crippen molar-refractivity contribution < 1.29 is 4.74 Å². The molecule has 7 heteroatoms. The van der Waals surface area contributed by atoms with Crippen molar-refractivity contribution in [3.8, 4) is 5.95 Å². The topological polar surface area (TPSA) is 52.8 Å². The van der Waals surface area contributed by atoms with Crippen LogP contribution in [0.15, 0.2) is 41.4 Å². The maximum atomic E-state index is 6.08. The Morgan fingerprint density at radius 1 is 1.16 bits per heavy atom. The van der Waals surface area contributed by atoms with Crippen LogP contribution < -0.4 is 0 Å².